The van der Waals surface area contributed by atoms with Crippen molar-refractivity contribution in [3.05, 3.63) is 24.3 Å². The van der Waals surface area contributed by atoms with Crippen LogP contribution >= 0.6 is 11.8 Å². The lowest BCUT2D eigenvalue weighted by atomic mass is 9.74. The molecule has 0 radical (unpaired) electrons. The Kier molecular flexibility index (Phi) is 7.48. The monoisotopic (exact) mass is 489 g/mol. The summed E-state index contributed by atoms with van der Waals surface area (Å²) in [5.74, 6) is -1.22. The van der Waals surface area contributed by atoms with Gasteiger partial charge in [0.25, 0.3) is 0 Å². The summed E-state index contributed by atoms with van der Waals surface area (Å²) in [6.45, 7) is 8.96. The van der Waals surface area contributed by atoms with E-state index in [0.717, 1.165) is 25.7 Å². The SMILES string of the molecule is CCCCCN1CC=C[C@]23S[C@]4(C)C=CCN(CCC)C(=O)[C@@H]4[C@H]2C(=O)N(CCCO)C3C1=O. The van der Waals surface area contributed by atoms with Gasteiger partial charge in [-0.25, -0.2) is 0 Å². The maximum atomic E-state index is 14.0. The van der Waals surface area contributed by atoms with Crippen molar-refractivity contribution in [1.29, 1.82) is 0 Å². The molecule has 0 aromatic carbocycles. The maximum Gasteiger partial charge on any atom is 0.247 e. The Labute approximate surface area is 207 Å². The molecule has 4 heterocycles. The van der Waals surface area contributed by atoms with Crippen molar-refractivity contribution in [2.75, 3.05) is 39.3 Å². The number of likely N-dealkylation sites (tertiary alicyclic amines) is 1. The molecule has 4 aliphatic rings. The average Bonchev–Trinajstić information content (AvgIpc) is 3.08. The van der Waals surface area contributed by atoms with Crippen molar-refractivity contribution in [2.24, 2.45) is 11.8 Å². The molecular weight excluding hydrogens is 450 g/mol. The van der Waals surface area contributed by atoms with E-state index in [1.165, 1.54) is 0 Å². The van der Waals surface area contributed by atoms with Crippen LogP contribution in [0.3, 0.4) is 0 Å². The molecule has 4 rings (SSSR count). The van der Waals surface area contributed by atoms with E-state index in [-0.39, 0.29) is 24.3 Å². The van der Waals surface area contributed by atoms with Gasteiger partial charge in [0.05, 0.1) is 16.6 Å². The minimum absolute atomic E-state index is 0.0183. The van der Waals surface area contributed by atoms with Crippen LogP contribution < -0.4 is 0 Å². The lowest BCUT2D eigenvalue weighted by Gasteiger charge is -2.36. The van der Waals surface area contributed by atoms with Crippen LogP contribution in [-0.4, -0.2) is 92.4 Å². The summed E-state index contributed by atoms with van der Waals surface area (Å²) in [4.78, 5) is 47.3. The van der Waals surface area contributed by atoms with Crippen LogP contribution in [-0.2, 0) is 14.4 Å². The average molecular weight is 490 g/mol. The third-order valence-corrected chi connectivity index (χ3v) is 9.60. The number of nitrogens with zero attached hydrogens (tertiary/aromatic N) is 3. The van der Waals surface area contributed by atoms with E-state index >= 15 is 0 Å². The summed E-state index contributed by atoms with van der Waals surface area (Å²) in [5, 5.41) is 9.51. The summed E-state index contributed by atoms with van der Waals surface area (Å²) in [6.07, 6.45) is 12.6. The van der Waals surface area contributed by atoms with E-state index in [9.17, 15) is 19.5 Å². The second-order valence-electron chi connectivity index (χ2n) is 10.2. The van der Waals surface area contributed by atoms with Crippen LogP contribution in [0.25, 0.3) is 0 Å². The molecule has 5 atom stereocenters. The minimum Gasteiger partial charge on any atom is -0.396 e. The molecular formula is C26H39N3O4S. The number of hydrogen-bond acceptors (Lipinski definition) is 5. The first-order valence-corrected chi connectivity index (χ1v) is 13.7. The van der Waals surface area contributed by atoms with Gasteiger partial charge in [0.15, 0.2) is 0 Å². The lowest BCUT2D eigenvalue weighted by molar-refractivity contribution is -0.145. The smallest absolute Gasteiger partial charge is 0.247 e. The molecule has 0 aromatic heterocycles. The van der Waals surface area contributed by atoms with Crippen molar-refractivity contribution in [1.82, 2.24) is 14.7 Å². The van der Waals surface area contributed by atoms with Gasteiger partial charge in [-0.2, -0.15) is 0 Å². The number of aliphatic hydroxyl groups excluding tert-OH is 1. The van der Waals surface area contributed by atoms with E-state index in [4.69, 9.17) is 0 Å². The van der Waals surface area contributed by atoms with Gasteiger partial charge in [-0.05, 0) is 26.2 Å². The van der Waals surface area contributed by atoms with E-state index in [0.29, 0.717) is 39.1 Å². The van der Waals surface area contributed by atoms with Gasteiger partial charge in [0, 0.05) is 44.1 Å². The highest BCUT2D eigenvalue weighted by Gasteiger charge is 2.73. The molecule has 3 amide bonds. The Morgan fingerprint density at radius 2 is 1.59 bits per heavy atom. The molecule has 34 heavy (non-hydrogen) atoms. The third-order valence-electron chi connectivity index (χ3n) is 7.81. The van der Waals surface area contributed by atoms with Crippen molar-refractivity contribution in [3.63, 3.8) is 0 Å². The highest BCUT2D eigenvalue weighted by Crippen LogP contribution is 2.65. The molecule has 2 saturated heterocycles. The van der Waals surface area contributed by atoms with Gasteiger partial charge < -0.3 is 19.8 Å². The zero-order chi connectivity index (χ0) is 24.5. The van der Waals surface area contributed by atoms with Crippen molar-refractivity contribution < 1.29 is 19.5 Å². The Bertz CT molecular complexity index is 876. The van der Waals surface area contributed by atoms with Crippen LogP contribution in [0.4, 0.5) is 0 Å². The van der Waals surface area contributed by atoms with Crippen molar-refractivity contribution >= 4 is 29.5 Å². The predicted octanol–water partition coefficient (Wildman–Crippen LogP) is 2.45. The molecule has 0 saturated carbocycles. The van der Waals surface area contributed by atoms with Crippen LogP contribution in [0.2, 0.25) is 0 Å². The number of amides is 3. The molecule has 8 heteroatoms. The fraction of sp³-hybridized carbons (Fsp3) is 0.731. The zero-order valence-electron chi connectivity index (χ0n) is 20.7. The number of fused-ring (bicyclic) bond motifs is 2. The number of aliphatic hydroxyl groups is 1. The first-order valence-electron chi connectivity index (χ1n) is 12.9. The number of unbranched alkanes of at least 4 members (excludes halogenated alkanes) is 2. The highest BCUT2D eigenvalue weighted by molar-refractivity contribution is 8.02. The molecule has 7 nitrogen and oxygen atoms in total. The fourth-order valence-electron chi connectivity index (χ4n) is 6.32. The highest BCUT2D eigenvalue weighted by atomic mass is 32.2. The van der Waals surface area contributed by atoms with Gasteiger partial charge in [0.1, 0.15) is 6.04 Å². The molecule has 0 aromatic rings. The van der Waals surface area contributed by atoms with E-state index in [1.54, 1.807) is 16.7 Å². The Hall–Kier alpha value is -1.80. The second kappa shape index (κ2) is 10.1. The second-order valence-corrected chi connectivity index (χ2v) is 12.0. The van der Waals surface area contributed by atoms with Crippen LogP contribution in [0.15, 0.2) is 24.3 Å². The predicted molar refractivity (Wildman–Crippen MR) is 134 cm³/mol. The molecule has 1 unspecified atom stereocenters. The summed E-state index contributed by atoms with van der Waals surface area (Å²) in [6, 6.07) is -0.647. The minimum atomic E-state index is -0.780. The quantitative estimate of drug-likeness (QED) is 0.398. The Balaban J connectivity index is 1.77. The number of carbonyl (C=O) groups is 3. The molecule has 1 N–H and O–H groups in total. The molecule has 0 bridgehead atoms. The normalized spacial score (nSPS) is 34.9. The molecule has 4 aliphatic heterocycles. The van der Waals surface area contributed by atoms with E-state index in [2.05, 4.69) is 39.0 Å². The standard InChI is InChI=1S/C26H39N3O4S/c1-4-6-7-14-28-16-9-12-26-20(23(32)29(17-10-18-30)21(26)24(28)33)19-22(31)27(13-5-2)15-8-11-25(19,3)34-26/h8-9,11-12,19-21,30H,4-7,10,13-18H2,1-3H3/t19-,20-,21?,25+,26-/m0/s1. The van der Waals surface area contributed by atoms with Crippen molar-refractivity contribution in [2.45, 2.75) is 68.4 Å². The molecule has 2 fully saturated rings. The molecule has 1 spiro atoms. The lowest BCUT2D eigenvalue weighted by Crippen LogP contribution is -2.53. The maximum absolute atomic E-state index is 14.0. The fourth-order valence-corrected chi connectivity index (χ4v) is 8.48. The topological polar surface area (TPSA) is 81.2 Å². The summed E-state index contributed by atoms with van der Waals surface area (Å²) in [7, 11) is 0. The Morgan fingerprint density at radius 1 is 0.882 bits per heavy atom. The third kappa shape index (κ3) is 4.00. The Morgan fingerprint density at radius 3 is 2.26 bits per heavy atom. The molecule has 188 valence electrons. The van der Waals surface area contributed by atoms with Crippen LogP contribution in [0.5, 0.6) is 0 Å². The van der Waals surface area contributed by atoms with Crippen LogP contribution in [0, 0.1) is 11.8 Å². The van der Waals surface area contributed by atoms with E-state index in [1.807, 2.05) is 15.9 Å². The number of hydrogen-bond donors (Lipinski definition) is 1. The van der Waals surface area contributed by atoms with Crippen molar-refractivity contribution in [3.8, 4) is 0 Å². The van der Waals surface area contributed by atoms with Gasteiger partial charge in [-0.1, -0.05) is 51.0 Å². The van der Waals surface area contributed by atoms with Crippen LogP contribution in [0.1, 0.15) is 52.9 Å². The van der Waals surface area contributed by atoms with Gasteiger partial charge in [-0.3, -0.25) is 14.4 Å². The van der Waals surface area contributed by atoms with Gasteiger partial charge >= 0.3 is 0 Å². The van der Waals surface area contributed by atoms with E-state index < -0.39 is 27.4 Å². The number of thioether (sulfide) groups is 1. The number of rotatable bonds is 9. The van der Waals surface area contributed by atoms with Gasteiger partial charge in [0.2, 0.25) is 17.7 Å². The summed E-state index contributed by atoms with van der Waals surface area (Å²) < 4.78 is -1.33. The summed E-state index contributed by atoms with van der Waals surface area (Å²) in [5.41, 5.74) is 0. The van der Waals surface area contributed by atoms with Gasteiger partial charge in [-0.15, -0.1) is 11.8 Å². The zero-order valence-corrected chi connectivity index (χ0v) is 21.6. The first kappa shape index (κ1) is 25.3. The molecule has 0 aliphatic carbocycles. The number of carbonyl (C=O) groups excluding carboxylic acids is 3. The largest absolute Gasteiger partial charge is 0.396 e. The first-order chi connectivity index (χ1) is 16.3. The summed E-state index contributed by atoms with van der Waals surface area (Å²) >= 11 is 1.63.